The van der Waals surface area contributed by atoms with Crippen molar-refractivity contribution >= 4 is 23.9 Å². The fourth-order valence-corrected chi connectivity index (χ4v) is 2.99. The van der Waals surface area contributed by atoms with Crippen LogP contribution in [0.3, 0.4) is 0 Å². The lowest BCUT2D eigenvalue weighted by Gasteiger charge is -2.34. The van der Waals surface area contributed by atoms with Gasteiger partial charge in [0.15, 0.2) is 0 Å². The van der Waals surface area contributed by atoms with Crippen LogP contribution in [0.15, 0.2) is 18.2 Å². The second-order valence-corrected chi connectivity index (χ2v) is 8.35. The van der Waals surface area contributed by atoms with Crippen LogP contribution in [0.1, 0.15) is 37.9 Å². The molecule has 0 aliphatic rings. The zero-order valence-corrected chi connectivity index (χ0v) is 20.0. The Balaban J connectivity index is 3.40. The van der Waals surface area contributed by atoms with Crippen LogP contribution < -0.4 is 10.6 Å². The Bertz CT molecular complexity index is 883. The maximum absolute atomic E-state index is 13.3. The number of esters is 1. The van der Waals surface area contributed by atoms with Crippen molar-refractivity contribution in [1.29, 1.82) is 0 Å². The second-order valence-electron chi connectivity index (χ2n) is 8.35. The number of phenols is 1. The van der Waals surface area contributed by atoms with E-state index in [9.17, 15) is 34.5 Å². The third-order valence-electron chi connectivity index (χ3n) is 4.55. The van der Waals surface area contributed by atoms with Crippen molar-refractivity contribution in [3.63, 3.8) is 0 Å². The van der Waals surface area contributed by atoms with Gasteiger partial charge in [-0.3, -0.25) is 14.4 Å². The molecule has 34 heavy (non-hydrogen) atoms. The zero-order valence-electron chi connectivity index (χ0n) is 20.0. The molecule has 1 aromatic rings. The molecule has 0 spiro atoms. The summed E-state index contributed by atoms with van der Waals surface area (Å²) in [5.41, 5.74) is -0.454. The van der Waals surface area contributed by atoms with Crippen molar-refractivity contribution in [3.8, 4) is 5.75 Å². The van der Waals surface area contributed by atoms with E-state index in [4.69, 9.17) is 4.74 Å². The van der Waals surface area contributed by atoms with Gasteiger partial charge in [0.1, 0.15) is 30.0 Å². The van der Waals surface area contributed by atoms with Crippen molar-refractivity contribution in [2.45, 2.75) is 45.4 Å². The summed E-state index contributed by atoms with van der Waals surface area (Å²) in [6, 6.07) is 1.50. The summed E-state index contributed by atoms with van der Waals surface area (Å²) in [5, 5.41) is 34.5. The number of nitrogens with zero attached hydrogens (tertiary/aromatic N) is 1. The van der Waals surface area contributed by atoms with Crippen LogP contribution in [0.5, 0.6) is 5.75 Å². The summed E-state index contributed by atoms with van der Waals surface area (Å²) >= 11 is 0. The molecular weight excluding hydrogens is 450 g/mol. The number of phenolic OH excluding ortho intramolecular Hbond substituents is 1. The van der Waals surface area contributed by atoms with Gasteiger partial charge >= 0.3 is 12.1 Å². The van der Waals surface area contributed by atoms with Crippen LogP contribution in [-0.4, -0.2) is 89.2 Å². The number of rotatable bonds is 10. The molecule has 2 unspecified atom stereocenters. The van der Waals surface area contributed by atoms with Crippen LogP contribution in [0, 0.1) is 6.92 Å². The summed E-state index contributed by atoms with van der Waals surface area (Å²) in [6.45, 7) is 4.10. The average molecular weight is 484 g/mol. The third-order valence-corrected chi connectivity index (χ3v) is 4.55. The molecule has 2 atom stereocenters. The van der Waals surface area contributed by atoms with Crippen LogP contribution in [0.4, 0.5) is 4.79 Å². The largest absolute Gasteiger partial charge is 0.507 e. The molecule has 0 heterocycles. The topological polar surface area (TPSA) is 175 Å². The molecule has 1 aromatic carbocycles. The van der Waals surface area contributed by atoms with Gasteiger partial charge in [-0.25, -0.2) is 4.79 Å². The molecule has 0 radical (unpaired) electrons. The maximum Gasteiger partial charge on any atom is 0.408 e. The van der Waals surface area contributed by atoms with Gasteiger partial charge in [0, 0.05) is 12.1 Å². The van der Waals surface area contributed by atoms with Gasteiger partial charge in [-0.15, -0.1) is 0 Å². The number of hydrogen-bond donors (Lipinski definition) is 5. The zero-order chi connectivity index (χ0) is 26.1. The fourth-order valence-electron chi connectivity index (χ4n) is 2.99. The number of aryl methyl sites for hydroxylation is 1. The molecule has 12 nitrogen and oxygen atoms in total. The molecule has 1 rings (SSSR count). The molecule has 190 valence electrons. The number of carbonyl (C=O) groups is 4. The minimum Gasteiger partial charge on any atom is -0.507 e. The molecule has 12 heteroatoms. The first-order chi connectivity index (χ1) is 15.9. The lowest BCUT2D eigenvalue weighted by atomic mass is 9.99. The van der Waals surface area contributed by atoms with Gasteiger partial charge in [-0.2, -0.15) is 0 Å². The second kappa shape index (κ2) is 12.8. The van der Waals surface area contributed by atoms with E-state index in [0.717, 1.165) is 12.0 Å². The van der Waals surface area contributed by atoms with E-state index in [-0.39, 0.29) is 11.3 Å². The molecule has 0 fully saturated rings. The van der Waals surface area contributed by atoms with Crippen molar-refractivity contribution in [3.05, 3.63) is 29.3 Å². The smallest absolute Gasteiger partial charge is 0.408 e. The number of aromatic hydroxyl groups is 1. The van der Waals surface area contributed by atoms with Crippen LogP contribution in [0.2, 0.25) is 0 Å². The Morgan fingerprint density at radius 2 is 1.79 bits per heavy atom. The first-order valence-electron chi connectivity index (χ1n) is 10.5. The highest BCUT2D eigenvalue weighted by Crippen LogP contribution is 2.32. The molecular formula is C22H33N3O9. The van der Waals surface area contributed by atoms with Gasteiger partial charge in [0.25, 0.3) is 0 Å². The number of aliphatic hydroxyl groups is 2. The van der Waals surface area contributed by atoms with E-state index in [2.05, 4.69) is 15.4 Å². The van der Waals surface area contributed by atoms with Crippen molar-refractivity contribution in [2.75, 3.05) is 33.4 Å². The van der Waals surface area contributed by atoms with Crippen LogP contribution in [-0.2, 0) is 23.9 Å². The molecule has 0 aliphatic carbocycles. The minimum atomic E-state index is -1.52. The number of para-hydroxylation sites is 1. The van der Waals surface area contributed by atoms with E-state index in [1.807, 2.05) is 0 Å². The lowest BCUT2D eigenvalue weighted by Crippen LogP contribution is -2.55. The number of hydrogen-bond acceptors (Lipinski definition) is 9. The fraction of sp³-hybridized carbons (Fsp3) is 0.545. The van der Waals surface area contributed by atoms with Gasteiger partial charge in [0.05, 0.1) is 20.3 Å². The predicted molar refractivity (Wildman–Crippen MR) is 120 cm³/mol. The molecule has 0 bridgehead atoms. The Morgan fingerprint density at radius 3 is 2.32 bits per heavy atom. The van der Waals surface area contributed by atoms with E-state index < -0.39 is 67.9 Å². The van der Waals surface area contributed by atoms with Gasteiger partial charge in [-0.05, 0) is 33.3 Å². The number of amides is 3. The van der Waals surface area contributed by atoms with Crippen molar-refractivity contribution < 1.29 is 44.0 Å². The van der Waals surface area contributed by atoms with Crippen LogP contribution >= 0.6 is 0 Å². The summed E-state index contributed by atoms with van der Waals surface area (Å²) < 4.78 is 9.62. The quantitative estimate of drug-likeness (QED) is 0.281. The molecule has 0 saturated heterocycles. The number of alkyl carbamates (subject to hydrolysis) is 1. The number of methoxy groups -OCH3 is 1. The molecule has 0 aliphatic heterocycles. The molecule has 0 saturated carbocycles. The van der Waals surface area contributed by atoms with E-state index >= 15 is 0 Å². The Hall–Kier alpha value is -3.38. The van der Waals surface area contributed by atoms with Crippen LogP contribution in [0.25, 0.3) is 0 Å². The number of aliphatic hydroxyl groups excluding tert-OH is 2. The highest BCUT2D eigenvalue weighted by atomic mass is 16.6. The number of benzene rings is 1. The molecule has 3 amide bonds. The molecule has 5 N–H and O–H groups in total. The average Bonchev–Trinajstić information content (AvgIpc) is 2.76. The highest BCUT2D eigenvalue weighted by Gasteiger charge is 2.37. The number of nitrogens with one attached hydrogen (secondary N) is 2. The Labute approximate surface area is 197 Å². The Morgan fingerprint density at radius 1 is 1.15 bits per heavy atom. The monoisotopic (exact) mass is 483 g/mol. The maximum atomic E-state index is 13.3. The first-order valence-corrected chi connectivity index (χ1v) is 10.5. The lowest BCUT2D eigenvalue weighted by molar-refractivity contribution is -0.145. The summed E-state index contributed by atoms with van der Waals surface area (Å²) in [5.74, 6) is -2.82. The number of carbonyl (C=O) groups excluding carboxylic acids is 4. The predicted octanol–water partition coefficient (Wildman–Crippen LogP) is -0.263. The Kier molecular flexibility index (Phi) is 10.7. The molecule has 0 aromatic heterocycles. The van der Waals surface area contributed by atoms with Crippen molar-refractivity contribution in [2.24, 2.45) is 0 Å². The minimum absolute atomic E-state index is 0.0122. The van der Waals surface area contributed by atoms with E-state index in [0.29, 0.717) is 5.56 Å². The normalized spacial score (nSPS) is 12.8. The highest BCUT2D eigenvalue weighted by molar-refractivity contribution is 5.93. The van der Waals surface area contributed by atoms with E-state index in [1.165, 1.54) is 6.07 Å². The first kappa shape index (κ1) is 28.7. The standard InChI is InChI=1S/C22H33N3O9/c1-13-7-6-8-14(18(13)29)17(19(30)23-11-16(28)33-5)25(9-10-26)20(31)15(12-27)24-21(32)34-22(2,3)4/h6-8,15,17,26-27,29H,9-12H2,1-5H3,(H,23,30)(H,24,32). The van der Waals surface area contributed by atoms with E-state index in [1.54, 1.807) is 39.8 Å². The summed E-state index contributed by atoms with van der Waals surface area (Å²) in [6.07, 6.45) is -0.978. The van der Waals surface area contributed by atoms with Gasteiger partial charge < -0.3 is 40.3 Å². The SMILES string of the molecule is COC(=O)CNC(=O)C(c1cccc(C)c1O)N(CCO)C(=O)C(CO)NC(=O)OC(C)(C)C. The summed E-state index contributed by atoms with van der Waals surface area (Å²) in [4.78, 5) is 51.0. The summed E-state index contributed by atoms with van der Waals surface area (Å²) in [7, 11) is 1.13. The van der Waals surface area contributed by atoms with Gasteiger partial charge in [0.2, 0.25) is 11.8 Å². The third kappa shape index (κ3) is 8.19. The number of ether oxygens (including phenoxy) is 2. The van der Waals surface area contributed by atoms with Crippen molar-refractivity contribution in [1.82, 2.24) is 15.5 Å². The van der Waals surface area contributed by atoms with Gasteiger partial charge in [-0.1, -0.05) is 18.2 Å².